The third-order valence-corrected chi connectivity index (χ3v) is 4.20. The largest absolute Gasteiger partial charge is 0.481 e. The lowest BCUT2D eigenvalue weighted by Gasteiger charge is -2.18. The molecule has 1 amide bonds. The zero-order valence-electron chi connectivity index (χ0n) is 12.6. The maximum atomic E-state index is 12.8. The maximum absolute atomic E-state index is 12.8. The molecule has 2 aliphatic rings. The van der Waals surface area contributed by atoms with Gasteiger partial charge in [-0.3, -0.25) is 9.59 Å². The van der Waals surface area contributed by atoms with Crippen molar-refractivity contribution < 1.29 is 37.3 Å². The van der Waals surface area contributed by atoms with Gasteiger partial charge < -0.3 is 19.5 Å². The zero-order chi connectivity index (χ0) is 17.0. The van der Waals surface area contributed by atoms with E-state index in [2.05, 4.69) is 0 Å². The van der Waals surface area contributed by atoms with E-state index in [1.807, 2.05) is 0 Å². The van der Waals surface area contributed by atoms with Crippen LogP contribution in [0.3, 0.4) is 0 Å². The van der Waals surface area contributed by atoms with E-state index >= 15 is 0 Å². The van der Waals surface area contributed by atoms with Crippen molar-refractivity contribution in [2.45, 2.75) is 31.5 Å². The number of carboxylic acid groups (broad SMARTS) is 1. The molecular weight excluding hydrogens is 319 g/mol. The summed E-state index contributed by atoms with van der Waals surface area (Å²) in [7, 11) is 0. The summed E-state index contributed by atoms with van der Waals surface area (Å²) in [5, 5.41) is 8.91. The van der Waals surface area contributed by atoms with E-state index in [4.69, 9.17) is 14.6 Å². The number of rotatable bonds is 6. The van der Waals surface area contributed by atoms with Gasteiger partial charge in [0.1, 0.15) is 0 Å². The lowest BCUT2D eigenvalue weighted by molar-refractivity contribution is -0.188. The van der Waals surface area contributed by atoms with Crippen molar-refractivity contribution >= 4 is 11.9 Å². The molecular formula is C14H20F3NO5. The predicted molar refractivity (Wildman–Crippen MR) is 71.7 cm³/mol. The molecule has 0 aromatic rings. The van der Waals surface area contributed by atoms with Gasteiger partial charge in [-0.05, 0) is 12.8 Å². The molecule has 1 unspecified atom stereocenters. The van der Waals surface area contributed by atoms with Crippen LogP contribution in [0.25, 0.3) is 0 Å². The molecule has 0 aromatic carbocycles. The highest BCUT2D eigenvalue weighted by Crippen LogP contribution is 2.37. The topological polar surface area (TPSA) is 76.1 Å². The summed E-state index contributed by atoms with van der Waals surface area (Å²) in [4.78, 5) is 23.9. The van der Waals surface area contributed by atoms with Crippen LogP contribution < -0.4 is 0 Å². The Hall–Kier alpha value is -1.35. The van der Waals surface area contributed by atoms with Crippen molar-refractivity contribution in [1.82, 2.24) is 4.90 Å². The van der Waals surface area contributed by atoms with Crippen molar-refractivity contribution in [3.05, 3.63) is 0 Å². The number of carboxylic acids is 1. The zero-order valence-corrected chi connectivity index (χ0v) is 12.6. The van der Waals surface area contributed by atoms with Gasteiger partial charge in [0.05, 0.1) is 37.6 Å². The molecule has 0 aromatic heterocycles. The van der Waals surface area contributed by atoms with Gasteiger partial charge in [-0.25, -0.2) is 0 Å². The number of hydrogen-bond acceptors (Lipinski definition) is 4. The van der Waals surface area contributed by atoms with Crippen LogP contribution in [-0.4, -0.2) is 67.1 Å². The third-order valence-electron chi connectivity index (χ3n) is 4.20. The minimum absolute atomic E-state index is 0.0166. The number of amides is 1. The quantitative estimate of drug-likeness (QED) is 0.738. The van der Waals surface area contributed by atoms with Crippen LogP contribution in [0.15, 0.2) is 0 Å². The van der Waals surface area contributed by atoms with Gasteiger partial charge in [-0.2, -0.15) is 13.2 Å². The molecule has 2 aliphatic heterocycles. The van der Waals surface area contributed by atoms with Crippen LogP contribution >= 0.6 is 0 Å². The first kappa shape index (κ1) is 18.0. The van der Waals surface area contributed by atoms with Crippen molar-refractivity contribution in [1.29, 1.82) is 0 Å². The Morgan fingerprint density at radius 1 is 1.30 bits per heavy atom. The molecule has 23 heavy (non-hydrogen) atoms. The molecule has 2 heterocycles. The first-order chi connectivity index (χ1) is 10.8. The number of aliphatic carboxylic acids is 1. The van der Waals surface area contributed by atoms with E-state index in [1.54, 1.807) is 0 Å². The van der Waals surface area contributed by atoms with Gasteiger partial charge in [-0.15, -0.1) is 0 Å². The van der Waals surface area contributed by atoms with E-state index in [-0.39, 0.29) is 19.1 Å². The fourth-order valence-corrected chi connectivity index (χ4v) is 2.90. The summed E-state index contributed by atoms with van der Waals surface area (Å²) < 4.78 is 49.2. The molecule has 0 saturated carbocycles. The number of carbonyl (C=O) groups is 2. The smallest absolute Gasteiger partial charge is 0.394 e. The van der Waals surface area contributed by atoms with Crippen LogP contribution in [-0.2, 0) is 19.1 Å². The number of carbonyl (C=O) groups excluding carboxylic acids is 1. The average Bonchev–Trinajstić information content (AvgIpc) is 3.11. The van der Waals surface area contributed by atoms with Gasteiger partial charge in [0.2, 0.25) is 5.91 Å². The Balaban J connectivity index is 1.77. The molecule has 0 radical (unpaired) electrons. The van der Waals surface area contributed by atoms with E-state index in [9.17, 15) is 22.8 Å². The van der Waals surface area contributed by atoms with Crippen molar-refractivity contribution in [3.8, 4) is 0 Å². The van der Waals surface area contributed by atoms with E-state index in [0.717, 1.165) is 17.7 Å². The lowest BCUT2D eigenvalue weighted by Crippen LogP contribution is -2.34. The van der Waals surface area contributed by atoms with E-state index in [1.165, 1.54) is 0 Å². The fourth-order valence-electron chi connectivity index (χ4n) is 2.90. The molecule has 6 nitrogen and oxygen atoms in total. The van der Waals surface area contributed by atoms with E-state index in [0.29, 0.717) is 13.2 Å². The Morgan fingerprint density at radius 3 is 2.57 bits per heavy atom. The molecule has 2 fully saturated rings. The minimum atomic E-state index is -4.63. The monoisotopic (exact) mass is 339 g/mol. The Kier molecular flexibility index (Phi) is 5.85. The second-order valence-corrected chi connectivity index (χ2v) is 5.85. The fraction of sp³-hybridized carbons (Fsp3) is 0.857. The number of halogens is 3. The van der Waals surface area contributed by atoms with Gasteiger partial charge in [-0.1, -0.05) is 0 Å². The minimum Gasteiger partial charge on any atom is -0.481 e. The van der Waals surface area contributed by atoms with Crippen molar-refractivity contribution in [2.24, 2.45) is 11.8 Å². The molecule has 3 atom stereocenters. The highest BCUT2D eigenvalue weighted by molar-refractivity contribution is 5.79. The number of ether oxygens (including phenoxy) is 2. The van der Waals surface area contributed by atoms with Crippen molar-refractivity contribution in [3.63, 3.8) is 0 Å². The molecule has 2 saturated heterocycles. The third kappa shape index (κ3) is 4.81. The van der Waals surface area contributed by atoms with Crippen LogP contribution in [0.2, 0.25) is 0 Å². The van der Waals surface area contributed by atoms with Crippen LogP contribution in [0.5, 0.6) is 0 Å². The number of nitrogens with zero attached hydrogens (tertiary/aromatic N) is 1. The summed E-state index contributed by atoms with van der Waals surface area (Å²) >= 11 is 0. The molecule has 1 N–H and O–H groups in total. The summed E-state index contributed by atoms with van der Waals surface area (Å²) in [5.74, 6) is -5.67. The maximum Gasteiger partial charge on any atom is 0.394 e. The van der Waals surface area contributed by atoms with Gasteiger partial charge in [0.25, 0.3) is 0 Å². The second-order valence-electron chi connectivity index (χ2n) is 5.85. The van der Waals surface area contributed by atoms with Gasteiger partial charge in [0, 0.05) is 19.7 Å². The highest BCUT2D eigenvalue weighted by Gasteiger charge is 2.53. The summed E-state index contributed by atoms with van der Waals surface area (Å²) in [5.41, 5.74) is 0. The summed E-state index contributed by atoms with van der Waals surface area (Å²) in [6, 6.07) is 0. The van der Waals surface area contributed by atoms with Gasteiger partial charge in [0.15, 0.2) is 0 Å². The molecule has 0 aliphatic carbocycles. The molecule has 132 valence electrons. The summed E-state index contributed by atoms with van der Waals surface area (Å²) in [6.45, 7) is 0.116. The van der Waals surface area contributed by atoms with E-state index < -0.39 is 43.0 Å². The molecule has 2 rings (SSSR count). The Labute approximate surface area is 131 Å². The molecule has 0 bridgehead atoms. The lowest BCUT2D eigenvalue weighted by atomic mass is 9.96. The SMILES string of the molecule is O=C(O)[C@@H]1CN(C(=O)CCOCC2CCCO2)C[C@H]1C(F)(F)F. The molecule has 0 spiro atoms. The average molecular weight is 339 g/mol. The number of likely N-dealkylation sites (tertiary alicyclic amines) is 1. The highest BCUT2D eigenvalue weighted by atomic mass is 19.4. The van der Waals surface area contributed by atoms with Crippen LogP contribution in [0, 0.1) is 11.8 Å². The van der Waals surface area contributed by atoms with Gasteiger partial charge >= 0.3 is 12.1 Å². The van der Waals surface area contributed by atoms with Crippen molar-refractivity contribution in [2.75, 3.05) is 32.9 Å². The Morgan fingerprint density at radius 2 is 2.04 bits per heavy atom. The second kappa shape index (κ2) is 7.48. The predicted octanol–water partition coefficient (Wildman–Crippen LogP) is 1.29. The Bertz CT molecular complexity index is 437. The molecule has 9 heteroatoms. The van der Waals surface area contributed by atoms with Crippen LogP contribution in [0.4, 0.5) is 13.2 Å². The first-order valence-corrected chi connectivity index (χ1v) is 7.55. The summed E-state index contributed by atoms with van der Waals surface area (Å²) in [6.07, 6.45) is -2.81. The number of hydrogen-bond donors (Lipinski definition) is 1. The first-order valence-electron chi connectivity index (χ1n) is 7.55. The van der Waals surface area contributed by atoms with Crippen LogP contribution in [0.1, 0.15) is 19.3 Å². The normalized spacial score (nSPS) is 28.3. The standard InChI is InChI=1S/C14H20F3NO5/c15-14(16,17)11-7-18(6-10(11)13(20)21)12(19)3-5-22-8-9-2-1-4-23-9/h9-11H,1-8H2,(H,20,21)/t9?,10-,11-/m1/s1. The number of alkyl halides is 3.